The molecule has 2 bridgehead atoms. The molecule has 2 aliphatic carbocycles. The van der Waals surface area contributed by atoms with E-state index in [1.54, 1.807) is 24.3 Å². The minimum absolute atomic E-state index is 0.0550. The maximum atomic E-state index is 13.2. The van der Waals surface area contributed by atoms with Crippen molar-refractivity contribution in [1.29, 1.82) is 0 Å². The minimum atomic E-state index is -0.233. The molecule has 32 heavy (non-hydrogen) atoms. The van der Waals surface area contributed by atoms with E-state index < -0.39 is 0 Å². The Kier molecular flexibility index (Phi) is 4.42. The highest BCUT2D eigenvalue weighted by Crippen LogP contribution is 2.53. The van der Waals surface area contributed by atoms with E-state index in [1.807, 2.05) is 23.1 Å². The van der Waals surface area contributed by atoms with Crippen molar-refractivity contribution in [1.82, 2.24) is 4.90 Å². The number of allylic oxidation sites excluding steroid dienone is 2. The third kappa shape index (κ3) is 2.89. The van der Waals surface area contributed by atoms with Crippen LogP contribution in [0.3, 0.4) is 0 Å². The molecule has 2 aromatic carbocycles. The summed E-state index contributed by atoms with van der Waals surface area (Å²) in [6.07, 6.45) is 5.10. The number of hydrogen-bond acceptors (Lipinski definition) is 4. The van der Waals surface area contributed by atoms with Gasteiger partial charge in [-0.15, -0.1) is 0 Å². The van der Waals surface area contributed by atoms with Gasteiger partial charge in [-0.1, -0.05) is 36.4 Å². The van der Waals surface area contributed by atoms with Crippen LogP contribution in [-0.2, 0) is 9.59 Å². The van der Waals surface area contributed by atoms with Crippen molar-refractivity contribution in [3.8, 4) is 0 Å². The predicted molar refractivity (Wildman–Crippen MR) is 121 cm³/mol. The summed E-state index contributed by atoms with van der Waals surface area (Å²) >= 11 is 0. The van der Waals surface area contributed by atoms with E-state index in [0.717, 1.165) is 19.5 Å². The largest absolute Gasteiger partial charge is 0.368 e. The summed E-state index contributed by atoms with van der Waals surface area (Å²) in [5.74, 6) is -0.392. The predicted octanol–water partition coefficient (Wildman–Crippen LogP) is 2.96. The van der Waals surface area contributed by atoms with Crippen LogP contribution in [0.2, 0.25) is 0 Å². The molecule has 3 fully saturated rings. The van der Waals surface area contributed by atoms with Crippen LogP contribution in [0.15, 0.2) is 66.7 Å². The normalized spacial score (nSPS) is 28.6. The molecular weight excluding hydrogens is 402 g/mol. The van der Waals surface area contributed by atoms with Gasteiger partial charge in [-0.05, 0) is 48.6 Å². The lowest BCUT2D eigenvalue weighted by atomic mass is 9.85. The molecule has 2 heterocycles. The number of amides is 3. The summed E-state index contributed by atoms with van der Waals surface area (Å²) in [6.45, 7) is 2.83. The lowest BCUT2D eigenvalue weighted by molar-refractivity contribution is -0.123. The Bertz CT molecular complexity index is 1090. The molecule has 4 atom stereocenters. The molecule has 0 aromatic heterocycles. The summed E-state index contributed by atoms with van der Waals surface area (Å²) in [7, 11) is 0. The zero-order valence-electron chi connectivity index (χ0n) is 17.8. The summed E-state index contributed by atoms with van der Waals surface area (Å²) in [6, 6.07) is 17.2. The van der Waals surface area contributed by atoms with Gasteiger partial charge in [0.2, 0.25) is 11.8 Å². The number of rotatable bonds is 3. The molecular formula is C26H25N3O3. The highest BCUT2D eigenvalue weighted by Gasteiger charge is 2.59. The molecule has 6 nitrogen and oxygen atoms in total. The number of carbonyl (C=O) groups is 3. The molecule has 0 N–H and O–H groups in total. The van der Waals surface area contributed by atoms with E-state index in [4.69, 9.17) is 0 Å². The monoisotopic (exact) mass is 427 g/mol. The van der Waals surface area contributed by atoms with Crippen LogP contribution in [0, 0.1) is 23.7 Å². The zero-order valence-corrected chi connectivity index (χ0v) is 17.8. The number of nitrogens with zero attached hydrogens (tertiary/aromatic N) is 3. The Balaban J connectivity index is 1.18. The van der Waals surface area contributed by atoms with Gasteiger partial charge in [0.25, 0.3) is 5.91 Å². The third-order valence-electron chi connectivity index (χ3n) is 7.51. The molecule has 162 valence electrons. The van der Waals surface area contributed by atoms with Gasteiger partial charge in [0.15, 0.2) is 0 Å². The first kappa shape index (κ1) is 19.3. The average molecular weight is 428 g/mol. The molecule has 2 aliphatic heterocycles. The first-order valence-electron chi connectivity index (χ1n) is 11.4. The number of benzene rings is 2. The molecule has 2 aromatic rings. The number of anilines is 2. The van der Waals surface area contributed by atoms with Crippen LogP contribution in [-0.4, -0.2) is 48.8 Å². The lowest BCUT2D eigenvalue weighted by Crippen LogP contribution is -2.48. The van der Waals surface area contributed by atoms with E-state index >= 15 is 0 Å². The lowest BCUT2D eigenvalue weighted by Gasteiger charge is -2.36. The van der Waals surface area contributed by atoms with E-state index in [2.05, 4.69) is 29.2 Å². The Labute approximate surface area is 187 Å². The van der Waals surface area contributed by atoms with Crippen LogP contribution >= 0.6 is 0 Å². The fourth-order valence-corrected chi connectivity index (χ4v) is 5.92. The van der Waals surface area contributed by atoms with E-state index in [-0.39, 0.29) is 41.4 Å². The molecule has 3 amide bonds. The van der Waals surface area contributed by atoms with Crippen LogP contribution in [0.1, 0.15) is 16.8 Å². The molecule has 0 radical (unpaired) electrons. The first-order valence-corrected chi connectivity index (χ1v) is 11.4. The maximum absolute atomic E-state index is 13.2. The van der Waals surface area contributed by atoms with E-state index in [1.165, 1.54) is 10.6 Å². The van der Waals surface area contributed by atoms with E-state index in [0.29, 0.717) is 24.3 Å². The van der Waals surface area contributed by atoms with Crippen LogP contribution in [0.5, 0.6) is 0 Å². The van der Waals surface area contributed by atoms with Crippen molar-refractivity contribution in [3.63, 3.8) is 0 Å². The second-order valence-corrected chi connectivity index (χ2v) is 9.18. The topological polar surface area (TPSA) is 60.9 Å². The van der Waals surface area contributed by atoms with Crippen molar-refractivity contribution < 1.29 is 14.4 Å². The van der Waals surface area contributed by atoms with Gasteiger partial charge in [-0.2, -0.15) is 0 Å². The smallest absolute Gasteiger partial charge is 0.254 e. The van der Waals surface area contributed by atoms with Gasteiger partial charge in [0, 0.05) is 37.4 Å². The highest BCUT2D eigenvalue weighted by atomic mass is 16.2. The van der Waals surface area contributed by atoms with Crippen molar-refractivity contribution in [2.75, 3.05) is 36.0 Å². The van der Waals surface area contributed by atoms with Gasteiger partial charge in [-0.25, -0.2) is 4.90 Å². The molecule has 0 spiro atoms. The summed E-state index contributed by atoms with van der Waals surface area (Å²) in [5.41, 5.74) is 2.21. The van der Waals surface area contributed by atoms with Crippen LogP contribution in [0.4, 0.5) is 11.4 Å². The van der Waals surface area contributed by atoms with Gasteiger partial charge in [0.1, 0.15) is 0 Å². The average Bonchev–Trinajstić information content (AvgIpc) is 3.53. The Hall–Kier alpha value is -3.41. The van der Waals surface area contributed by atoms with Crippen LogP contribution in [0.25, 0.3) is 0 Å². The fraction of sp³-hybridized carbons (Fsp3) is 0.346. The van der Waals surface area contributed by atoms with Gasteiger partial charge < -0.3 is 9.80 Å². The Morgan fingerprint density at radius 3 is 2.03 bits per heavy atom. The number of hydrogen-bond donors (Lipinski definition) is 0. The van der Waals surface area contributed by atoms with Crippen molar-refractivity contribution in [2.24, 2.45) is 23.7 Å². The molecule has 0 unspecified atom stereocenters. The molecule has 4 aliphatic rings. The Morgan fingerprint density at radius 1 is 0.750 bits per heavy atom. The SMILES string of the molecule is O=C(c1cccc(N2C(=O)[C@H]3[C@H](C2=O)[C@H]2C=C[C@H]3C2)c1)N1CCN(c2ccccc2)CC1. The molecule has 1 saturated carbocycles. The van der Waals surface area contributed by atoms with Gasteiger partial charge >= 0.3 is 0 Å². The standard InChI is InChI=1S/C26H25N3O3/c30-24(28-13-11-27(12-14-28)20-6-2-1-3-7-20)19-5-4-8-21(16-19)29-25(31)22-17-9-10-18(15-17)23(22)26(29)32/h1-10,16-18,22-23H,11-15H2/t17-,18-,22+,23+/m0/s1. The van der Waals surface area contributed by atoms with Crippen molar-refractivity contribution in [2.45, 2.75) is 6.42 Å². The summed E-state index contributed by atoms with van der Waals surface area (Å²) in [5, 5.41) is 0. The highest BCUT2D eigenvalue weighted by molar-refractivity contribution is 6.23. The maximum Gasteiger partial charge on any atom is 0.254 e. The summed E-state index contributed by atoms with van der Waals surface area (Å²) < 4.78 is 0. The first-order chi connectivity index (χ1) is 15.6. The molecule has 6 heteroatoms. The van der Waals surface area contributed by atoms with Crippen molar-refractivity contribution in [3.05, 3.63) is 72.3 Å². The van der Waals surface area contributed by atoms with E-state index in [9.17, 15) is 14.4 Å². The fourth-order valence-electron chi connectivity index (χ4n) is 5.92. The van der Waals surface area contributed by atoms with Gasteiger partial charge in [0.05, 0.1) is 17.5 Å². The third-order valence-corrected chi connectivity index (χ3v) is 7.51. The molecule has 6 rings (SSSR count). The minimum Gasteiger partial charge on any atom is -0.368 e. The van der Waals surface area contributed by atoms with Gasteiger partial charge in [-0.3, -0.25) is 14.4 Å². The number of carbonyl (C=O) groups excluding carboxylic acids is 3. The molecule has 2 saturated heterocycles. The van der Waals surface area contributed by atoms with Crippen LogP contribution < -0.4 is 9.80 Å². The number of para-hydroxylation sites is 1. The number of fused-ring (bicyclic) bond motifs is 5. The second-order valence-electron chi connectivity index (χ2n) is 9.18. The summed E-state index contributed by atoms with van der Waals surface area (Å²) in [4.78, 5) is 44.9. The number of piperazine rings is 1. The zero-order chi connectivity index (χ0) is 21.8. The van der Waals surface area contributed by atoms with Crippen molar-refractivity contribution >= 4 is 29.1 Å². The number of imide groups is 1. The quantitative estimate of drug-likeness (QED) is 0.558. The Morgan fingerprint density at radius 2 is 1.38 bits per heavy atom. The second kappa shape index (κ2) is 7.33.